The van der Waals surface area contributed by atoms with E-state index in [4.69, 9.17) is 10.2 Å². The summed E-state index contributed by atoms with van der Waals surface area (Å²) in [6.45, 7) is 0.00297. The average molecular weight is 373 g/mol. The molecule has 0 spiro atoms. The fourth-order valence-electron chi connectivity index (χ4n) is 1.75. The molecule has 1 aliphatic heterocycles. The first-order valence-corrected chi connectivity index (χ1v) is 9.50. The van der Waals surface area contributed by atoms with Gasteiger partial charge in [-0.3, -0.25) is 0 Å². The monoisotopic (exact) mass is 372 g/mol. The molecule has 1 aliphatic rings. The van der Waals surface area contributed by atoms with Crippen molar-refractivity contribution in [2.45, 2.75) is 11.4 Å². The molecular weight excluding hydrogens is 360 g/mol. The molecule has 0 bridgehead atoms. The molecule has 2 N–H and O–H groups in total. The molecule has 0 atom stereocenters. The second-order valence-corrected chi connectivity index (χ2v) is 9.04. The van der Waals surface area contributed by atoms with Gasteiger partial charge in [0.05, 0.1) is 18.1 Å². The summed E-state index contributed by atoms with van der Waals surface area (Å²) < 4.78 is 53.7. The van der Waals surface area contributed by atoms with Crippen molar-refractivity contribution in [3.8, 4) is 0 Å². The second-order valence-electron chi connectivity index (χ2n) is 4.11. The van der Waals surface area contributed by atoms with E-state index in [1.165, 1.54) is 6.07 Å². The molecule has 0 amide bonds. The molecule has 0 aromatic carbocycles. The van der Waals surface area contributed by atoms with Gasteiger partial charge in [0, 0.05) is 19.2 Å². The number of hydrogen-bond acceptors (Lipinski definition) is 6. The molecule has 1 aromatic heterocycles. The molecule has 2 heterocycles. The van der Waals surface area contributed by atoms with Crippen LogP contribution in [0.15, 0.2) is 20.0 Å². The summed E-state index contributed by atoms with van der Waals surface area (Å²) >= 11 is 3.04. The number of halogens is 1. The van der Waals surface area contributed by atoms with Gasteiger partial charge in [-0.1, -0.05) is 0 Å². The molecule has 19 heavy (non-hydrogen) atoms. The van der Waals surface area contributed by atoms with Crippen LogP contribution in [-0.4, -0.2) is 45.7 Å². The largest absolute Gasteiger partial charge is 0.452 e. The predicted molar refractivity (Wildman–Crippen MR) is 71.7 cm³/mol. The van der Waals surface area contributed by atoms with Crippen LogP contribution in [0.25, 0.3) is 0 Å². The van der Waals surface area contributed by atoms with Crippen LogP contribution in [-0.2, 0) is 26.4 Å². The van der Waals surface area contributed by atoms with Gasteiger partial charge in [-0.05, 0) is 15.9 Å². The summed E-state index contributed by atoms with van der Waals surface area (Å²) in [5.41, 5.74) is 5.39. The lowest BCUT2D eigenvalue weighted by atomic mass is 10.5. The quantitative estimate of drug-likeness (QED) is 0.794. The number of sulfonamides is 1. The number of hydrogen-bond donors (Lipinski definition) is 1. The van der Waals surface area contributed by atoms with Crippen molar-refractivity contribution >= 4 is 35.8 Å². The fourth-order valence-corrected chi connectivity index (χ4v) is 5.58. The van der Waals surface area contributed by atoms with Crippen LogP contribution in [0.4, 0.5) is 0 Å². The minimum atomic E-state index is -3.76. The van der Waals surface area contributed by atoms with Gasteiger partial charge >= 0.3 is 0 Å². The Balaban J connectivity index is 2.30. The summed E-state index contributed by atoms with van der Waals surface area (Å²) in [4.78, 5) is -0.0211. The predicted octanol–water partition coefficient (Wildman–Crippen LogP) is -0.0801. The molecule has 0 saturated carbocycles. The van der Waals surface area contributed by atoms with E-state index in [0.29, 0.717) is 5.76 Å². The van der Waals surface area contributed by atoms with Crippen molar-refractivity contribution in [2.75, 3.05) is 24.6 Å². The SMILES string of the molecule is NCc1cc(S(=O)(=O)N2CCS(=O)(=O)CC2)c(Br)o1. The van der Waals surface area contributed by atoms with Crippen LogP contribution in [0.2, 0.25) is 0 Å². The molecule has 1 fully saturated rings. The minimum Gasteiger partial charge on any atom is -0.452 e. The zero-order valence-electron chi connectivity index (χ0n) is 9.87. The highest BCUT2D eigenvalue weighted by Crippen LogP contribution is 2.29. The van der Waals surface area contributed by atoms with E-state index in [1.54, 1.807) is 0 Å². The Morgan fingerprint density at radius 1 is 1.37 bits per heavy atom. The minimum absolute atomic E-state index is 0.0211. The van der Waals surface area contributed by atoms with Crippen molar-refractivity contribution in [2.24, 2.45) is 5.73 Å². The molecular formula is C9H13BrN2O5S2. The number of furan rings is 1. The van der Waals surface area contributed by atoms with Gasteiger partial charge in [-0.15, -0.1) is 0 Å². The van der Waals surface area contributed by atoms with Crippen LogP contribution in [0.1, 0.15) is 5.76 Å². The van der Waals surface area contributed by atoms with Crippen molar-refractivity contribution in [1.29, 1.82) is 0 Å². The summed E-state index contributed by atoms with van der Waals surface area (Å²) in [5.74, 6) is 0.0201. The van der Waals surface area contributed by atoms with Crippen LogP contribution in [0, 0.1) is 0 Å². The molecule has 0 unspecified atom stereocenters. The lowest BCUT2D eigenvalue weighted by Gasteiger charge is -2.25. The maximum Gasteiger partial charge on any atom is 0.247 e. The number of sulfone groups is 1. The molecule has 10 heteroatoms. The van der Waals surface area contributed by atoms with Gasteiger partial charge in [0.25, 0.3) is 0 Å². The molecule has 7 nitrogen and oxygen atoms in total. The number of nitrogens with zero attached hydrogens (tertiary/aromatic N) is 1. The van der Waals surface area contributed by atoms with Crippen molar-refractivity contribution < 1.29 is 21.3 Å². The molecule has 0 aliphatic carbocycles. The second kappa shape index (κ2) is 5.17. The maximum absolute atomic E-state index is 12.3. The average Bonchev–Trinajstić information content (AvgIpc) is 2.70. The Bertz CT molecular complexity index is 665. The number of rotatable bonds is 3. The third kappa shape index (κ3) is 3.02. The Morgan fingerprint density at radius 3 is 2.42 bits per heavy atom. The van der Waals surface area contributed by atoms with Gasteiger partial charge in [0.15, 0.2) is 14.5 Å². The van der Waals surface area contributed by atoms with E-state index in [-0.39, 0.29) is 40.7 Å². The standard InChI is InChI=1S/C9H13BrN2O5S2/c10-9-8(5-7(6-11)17-9)19(15,16)12-1-3-18(13,14)4-2-12/h5H,1-4,6,11H2. The first-order valence-electron chi connectivity index (χ1n) is 5.45. The molecule has 0 radical (unpaired) electrons. The summed E-state index contributed by atoms with van der Waals surface area (Å²) in [6.07, 6.45) is 0. The maximum atomic E-state index is 12.3. The Kier molecular flexibility index (Phi) is 4.07. The first kappa shape index (κ1) is 15.0. The van der Waals surface area contributed by atoms with E-state index < -0.39 is 19.9 Å². The Labute approximate surface area is 119 Å². The van der Waals surface area contributed by atoms with E-state index >= 15 is 0 Å². The molecule has 108 valence electrons. The van der Waals surface area contributed by atoms with E-state index in [0.717, 1.165) is 4.31 Å². The summed E-state index contributed by atoms with van der Waals surface area (Å²) in [5, 5.41) is 0. The van der Waals surface area contributed by atoms with E-state index in [9.17, 15) is 16.8 Å². The Hall–Kier alpha value is -0.420. The third-order valence-electron chi connectivity index (χ3n) is 2.83. The van der Waals surface area contributed by atoms with E-state index in [1.807, 2.05) is 0 Å². The topological polar surface area (TPSA) is 111 Å². The van der Waals surface area contributed by atoms with Gasteiger partial charge in [-0.25, -0.2) is 16.8 Å². The smallest absolute Gasteiger partial charge is 0.247 e. The van der Waals surface area contributed by atoms with E-state index in [2.05, 4.69) is 15.9 Å². The highest BCUT2D eigenvalue weighted by atomic mass is 79.9. The van der Waals surface area contributed by atoms with Crippen LogP contribution < -0.4 is 5.73 Å². The lowest BCUT2D eigenvalue weighted by molar-refractivity contribution is 0.427. The highest BCUT2D eigenvalue weighted by molar-refractivity contribution is 9.10. The molecule has 2 rings (SSSR count). The first-order chi connectivity index (χ1) is 8.76. The molecule has 1 aromatic rings. The summed E-state index contributed by atoms with van der Waals surface area (Å²) in [7, 11) is -6.89. The van der Waals surface area contributed by atoms with Crippen molar-refractivity contribution in [1.82, 2.24) is 4.31 Å². The lowest BCUT2D eigenvalue weighted by Crippen LogP contribution is -2.43. The zero-order chi connectivity index (χ0) is 14.3. The highest BCUT2D eigenvalue weighted by Gasteiger charge is 2.33. The third-order valence-corrected chi connectivity index (χ3v) is 7.19. The van der Waals surface area contributed by atoms with Crippen LogP contribution >= 0.6 is 15.9 Å². The summed E-state index contributed by atoms with van der Waals surface area (Å²) in [6, 6.07) is 1.35. The zero-order valence-corrected chi connectivity index (χ0v) is 13.1. The van der Waals surface area contributed by atoms with Crippen LogP contribution in [0.5, 0.6) is 0 Å². The normalized spacial score (nSPS) is 20.5. The van der Waals surface area contributed by atoms with Gasteiger partial charge in [0.2, 0.25) is 10.0 Å². The Morgan fingerprint density at radius 2 is 1.95 bits per heavy atom. The van der Waals surface area contributed by atoms with Crippen LogP contribution in [0.3, 0.4) is 0 Å². The van der Waals surface area contributed by atoms with Gasteiger partial charge < -0.3 is 10.2 Å². The van der Waals surface area contributed by atoms with Crippen molar-refractivity contribution in [3.63, 3.8) is 0 Å². The van der Waals surface area contributed by atoms with Crippen molar-refractivity contribution in [3.05, 3.63) is 16.5 Å². The van der Waals surface area contributed by atoms with Gasteiger partial charge in [-0.2, -0.15) is 4.31 Å². The number of nitrogens with two attached hydrogens (primary N) is 1. The molecule has 1 saturated heterocycles. The fraction of sp³-hybridized carbons (Fsp3) is 0.556. The van der Waals surface area contributed by atoms with Gasteiger partial charge in [0.1, 0.15) is 10.7 Å².